The SMILES string of the molecule is CC(C)(C)OC(=O)N1CCC2(CCN(C(=O)N3CCN(c4nc5ccccc5c(=O)[nH]4)CC3)C2)C1. The Bertz CT molecular complexity index is 1180. The summed E-state index contributed by atoms with van der Waals surface area (Å²) in [6.45, 7) is 10.7. The van der Waals surface area contributed by atoms with Crippen molar-refractivity contribution in [1.82, 2.24) is 24.7 Å². The van der Waals surface area contributed by atoms with Crippen molar-refractivity contribution in [2.45, 2.75) is 39.2 Å². The number of urea groups is 1. The summed E-state index contributed by atoms with van der Waals surface area (Å²) in [5.74, 6) is 0.550. The number of likely N-dealkylation sites (tertiary alicyclic amines) is 2. The molecule has 3 aliphatic heterocycles. The van der Waals surface area contributed by atoms with E-state index in [1.807, 2.05) is 53.7 Å². The zero-order valence-electron chi connectivity index (χ0n) is 20.7. The number of H-pyrrole nitrogens is 1. The van der Waals surface area contributed by atoms with E-state index in [1.54, 1.807) is 11.0 Å². The van der Waals surface area contributed by atoms with Crippen LogP contribution in [-0.4, -0.2) is 94.8 Å². The van der Waals surface area contributed by atoms with E-state index in [0.717, 1.165) is 12.8 Å². The van der Waals surface area contributed by atoms with Gasteiger partial charge in [0.15, 0.2) is 0 Å². The summed E-state index contributed by atoms with van der Waals surface area (Å²) in [6, 6.07) is 7.35. The van der Waals surface area contributed by atoms with E-state index in [4.69, 9.17) is 4.74 Å². The van der Waals surface area contributed by atoms with Crippen LogP contribution in [0.4, 0.5) is 15.5 Å². The first-order valence-electron chi connectivity index (χ1n) is 12.4. The number of anilines is 1. The van der Waals surface area contributed by atoms with Gasteiger partial charge in [-0.25, -0.2) is 14.6 Å². The monoisotopic (exact) mass is 482 g/mol. The molecule has 0 saturated carbocycles. The number of aromatic amines is 1. The van der Waals surface area contributed by atoms with Crippen LogP contribution in [0.2, 0.25) is 0 Å². The van der Waals surface area contributed by atoms with E-state index in [2.05, 4.69) is 9.97 Å². The first-order chi connectivity index (χ1) is 16.6. The molecule has 35 heavy (non-hydrogen) atoms. The summed E-state index contributed by atoms with van der Waals surface area (Å²) in [5, 5.41) is 0.574. The van der Waals surface area contributed by atoms with Crippen LogP contribution in [-0.2, 0) is 4.74 Å². The van der Waals surface area contributed by atoms with Crippen molar-refractivity contribution in [2.75, 3.05) is 57.3 Å². The topological polar surface area (TPSA) is 102 Å². The molecular weight excluding hydrogens is 448 g/mol. The van der Waals surface area contributed by atoms with Gasteiger partial charge < -0.3 is 24.3 Å². The molecule has 188 valence electrons. The quantitative estimate of drug-likeness (QED) is 0.670. The van der Waals surface area contributed by atoms with E-state index in [0.29, 0.717) is 69.2 Å². The number of ether oxygens (including phenoxy) is 1. The molecule has 1 aromatic heterocycles. The maximum Gasteiger partial charge on any atom is 0.410 e. The van der Waals surface area contributed by atoms with Crippen molar-refractivity contribution in [3.8, 4) is 0 Å². The Morgan fingerprint density at radius 1 is 0.943 bits per heavy atom. The van der Waals surface area contributed by atoms with Gasteiger partial charge in [0, 0.05) is 57.8 Å². The molecule has 3 amide bonds. The fourth-order valence-corrected chi connectivity index (χ4v) is 5.38. The molecule has 1 unspecified atom stereocenters. The Morgan fingerprint density at radius 2 is 1.60 bits per heavy atom. The first-order valence-corrected chi connectivity index (χ1v) is 12.4. The summed E-state index contributed by atoms with van der Waals surface area (Å²) in [6.07, 6.45) is 1.53. The molecule has 0 bridgehead atoms. The second-order valence-electron chi connectivity index (χ2n) is 11.0. The van der Waals surface area contributed by atoms with Gasteiger partial charge in [-0.3, -0.25) is 9.78 Å². The van der Waals surface area contributed by atoms with Crippen LogP contribution in [0.1, 0.15) is 33.6 Å². The molecule has 5 rings (SSSR count). The Morgan fingerprint density at radius 3 is 2.31 bits per heavy atom. The fourth-order valence-electron chi connectivity index (χ4n) is 5.38. The summed E-state index contributed by atoms with van der Waals surface area (Å²) in [5.41, 5.74) is -0.0298. The van der Waals surface area contributed by atoms with Gasteiger partial charge in [0.2, 0.25) is 5.95 Å². The number of amides is 3. The molecule has 10 heteroatoms. The molecule has 3 fully saturated rings. The zero-order chi connectivity index (χ0) is 24.8. The molecule has 1 atom stereocenters. The molecular formula is C25H34N6O4. The number of carbonyl (C=O) groups is 2. The third-order valence-electron chi connectivity index (χ3n) is 7.25. The number of nitrogens with zero attached hydrogens (tertiary/aromatic N) is 5. The predicted molar refractivity (Wildman–Crippen MR) is 133 cm³/mol. The summed E-state index contributed by atoms with van der Waals surface area (Å²) < 4.78 is 5.54. The number of para-hydroxylation sites is 1. The number of rotatable bonds is 1. The normalized spacial score (nSPS) is 22.9. The van der Waals surface area contributed by atoms with E-state index in [1.165, 1.54) is 0 Å². The van der Waals surface area contributed by atoms with Gasteiger partial charge in [0.25, 0.3) is 5.56 Å². The van der Waals surface area contributed by atoms with E-state index >= 15 is 0 Å². The number of hydrogen-bond acceptors (Lipinski definition) is 6. The number of aromatic nitrogens is 2. The van der Waals surface area contributed by atoms with Crippen LogP contribution in [0.5, 0.6) is 0 Å². The Balaban J connectivity index is 1.17. The predicted octanol–water partition coefficient (Wildman–Crippen LogP) is 2.50. The van der Waals surface area contributed by atoms with Crippen molar-refractivity contribution in [3.63, 3.8) is 0 Å². The number of carbonyl (C=O) groups excluding carboxylic acids is 2. The standard InChI is InChI=1S/C25H34N6O4/c1-24(2,3)35-23(34)31-11-9-25(17-31)8-10-30(16-25)22(33)29-14-12-28(13-15-29)21-26-19-7-5-4-6-18(19)20(32)27-21/h4-7H,8-17H2,1-3H3,(H,26,27,32). The largest absolute Gasteiger partial charge is 0.444 e. The minimum atomic E-state index is -0.512. The lowest BCUT2D eigenvalue weighted by molar-refractivity contribution is 0.0274. The molecule has 1 aromatic carbocycles. The Hall–Kier alpha value is -3.30. The molecule has 3 saturated heterocycles. The minimum absolute atomic E-state index is 0.0388. The molecule has 2 aromatic rings. The molecule has 10 nitrogen and oxygen atoms in total. The minimum Gasteiger partial charge on any atom is -0.444 e. The van der Waals surface area contributed by atoms with Crippen LogP contribution in [0.15, 0.2) is 29.1 Å². The van der Waals surface area contributed by atoms with E-state index < -0.39 is 5.60 Å². The highest BCUT2D eigenvalue weighted by atomic mass is 16.6. The molecule has 4 heterocycles. The van der Waals surface area contributed by atoms with Crippen molar-refractivity contribution in [1.29, 1.82) is 0 Å². The second-order valence-corrected chi connectivity index (χ2v) is 11.0. The Labute approximate surface area is 204 Å². The van der Waals surface area contributed by atoms with Crippen molar-refractivity contribution in [2.24, 2.45) is 5.41 Å². The molecule has 3 aliphatic rings. The highest BCUT2D eigenvalue weighted by Gasteiger charge is 2.47. The van der Waals surface area contributed by atoms with Gasteiger partial charge in [0.1, 0.15) is 5.60 Å². The molecule has 0 aliphatic carbocycles. The van der Waals surface area contributed by atoms with Gasteiger partial charge in [-0.15, -0.1) is 0 Å². The molecule has 0 radical (unpaired) electrons. The maximum atomic E-state index is 13.3. The summed E-state index contributed by atoms with van der Waals surface area (Å²) in [7, 11) is 0. The van der Waals surface area contributed by atoms with Crippen LogP contribution < -0.4 is 10.5 Å². The van der Waals surface area contributed by atoms with Gasteiger partial charge in [0.05, 0.1) is 10.9 Å². The van der Waals surface area contributed by atoms with Crippen molar-refractivity contribution >= 4 is 29.0 Å². The van der Waals surface area contributed by atoms with E-state index in [9.17, 15) is 14.4 Å². The lowest BCUT2D eigenvalue weighted by Crippen LogP contribution is -2.53. The van der Waals surface area contributed by atoms with Crippen molar-refractivity contribution < 1.29 is 14.3 Å². The highest BCUT2D eigenvalue weighted by molar-refractivity contribution is 5.78. The average molecular weight is 483 g/mol. The first kappa shape index (κ1) is 23.4. The fraction of sp³-hybridized carbons (Fsp3) is 0.600. The van der Waals surface area contributed by atoms with Gasteiger partial charge >= 0.3 is 12.1 Å². The third kappa shape index (κ3) is 4.78. The number of benzene rings is 1. The number of hydrogen-bond donors (Lipinski definition) is 1. The van der Waals surface area contributed by atoms with E-state index in [-0.39, 0.29) is 23.1 Å². The molecule has 1 N–H and O–H groups in total. The Kier molecular flexibility index (Phi) is 5.85. The number of fused-ring (bicyclic) bond motifs is 1. The number of piperazine rings is 1. The van der Waals surface area contributed by atoms with Crippen molar-refractivity contribution in [3.05, 3.63) is 34.6 Å². The van der Waals surface area contributed by atoms with Gasteiger partial charge in [-0.2, -0.15) is 0 Å². The molecule has 1 spiro atoms. The van der Waals surface area contributed by atoms with Crippen LogP contribution in [0.3, 0.4) is 0 Å². The zero-order valence-corrected chi connectivity index (χ0v) is 20.7. The van der Waals surface area contributed by atoms with Crippen LogP contribution >= 0.6 is 0 Å². The summed E-state index contributed by atoms with van der Waals surface area (Å²) in [4.78, 5) is 53.3. The second kappa shape index (κ2) is 8.73. The summed E-state index contributed by atoms with van der Waals surface area (Å²) >= 11 is 0. The third-order valence-corrected chi connectivity index (χ3v) is 7.25. The van der Waals surface area contributed by atoms with Crippen LogP contribution in [0, 0.1) is 5.41 Å². The average Bonchev–Trinajstić information content (AvgIpc) is 3.44. The lowest BCUT2D eigenvalue weighted by Gasteiger charge is -2.37. The van der Waals surface area contributed by atoms with Gasteiger partial charge in [-0.1, -0.05) is 12.1 Å². The van der Waals surface area contributed by atoms with Gasteiger partial charge in [-0.05, 0) is 45.7 Å². The highest BCUT2D eigenvalue weighted by Crippen LogP contribution is 2.40. The number of nitrogens with one attached hydrogen (secondary N) is 1. The lowest BCUT2D eigenvalue weighted by atomic mass is 9.86. The van der Waals surface area contributed by atoms with Crippen LogP contribution in [0.25, 0.3) is 10.9 Å². The smallest absolute Gasteiger partial charge is 0.410 e. The maximum absolute atomic E-state index is 13.3.